The van der Waals surface area contributed by atoms with Crippen molar-refractivity contribution in [3.05, 3.63) is 0 Å². The van der Waals surface area contributed by atoms with Crippen molar-refractivity contribution in [3.8, 4) is 0 Å². The Hall–Kier alpha value is -0.160. The van der Waals surface area contributed by atoms with Crippen LogP contribution >= 0.6 is 0 Å². The highest BCUT2D eigenvalue weighted by atomic mass is 17.1. The van der Waals surface area contributed by atoms with Crippen LogP contribution in [-0.2, 0) is 9.78 Å². The maximum atomic E-state index is 9.22. The second-order valence-electron chi connectivity index (χ2n) is 8.04. The first-order valence-electron chi connectivity index (χ1n) is 11.2. The highest BCUT2D eigenvalue weighted by Gasteiger charge is 2.18. The Morgan fingerprint density at radius 1 is 0.577 bits per heavy atom. The van der Waals surface area contributed by atoms with E-state index in [0.717, 1.165) is 51.4 Å². The number of rotatable bonds is 19. The zero-order valence-corrected chi connectivity index (χ0v) is 17.9. The Morgan fingerprint density at radius 3 is 1.23 bits per heavy atom. The molecule has 0 radical (unpaired) electrons. The standard InChI is InChI=1S/C22H46O4/c1-5-9-13-19(7-3)17-21(25-23)15-11-12-16-22(26-24)18-20(8-4)14-10-6-2/h19-24H,5-18H2,1-4H3. The van der Waals surface area contributed by atoms with Gasteiger partial charge in [-0.1, -0.05) is 91.9 Å². The van der Waals surface area contributed by atoms with E-state index in [2.05, 4.69) is 27.7 Å². The lowest BCUT2D eigenvalue weighted by Gasteiger charge is -2.22. The zero-order valence-electron chi connectivity index (χ0n) is 17.9. The summed E-state index contributed by atoms with van der Waals surface area (Å²) in [6.45, 7) is 8.89. The van der Waals surface area contributed by atoms with Gasteiger partial charge in [0, 0.05) is 0 Å². The molecule has 4 nitrogen and oxygen atoms in total. The van der Waals surface area contributed by atoms with Gasteiger partial charge < -0.3 is 0 Å². The average molecular weight is 375 g/mol. The van der Waals surface area contributed by atoms with Crippen LogP contribution in [0.2, 0.25) is 0 Å². The Bertz CT molecular complexity index is 257. The summed E-state index contributed by atoms with van der Waals surface area (Å²) in [5, 5.41) is 18.4. The number of hydrogen-bond acceptors (Lipinski definition) is 4. The van der Waals surface area contributed by atoms with E-state index >= 15 is 0 Å². The topological polar surface area (TPSA) is 58.9 Å². The molecule has 0 aliphatic heterocycles. The summed E-state index contributed by atoms with van der Waals surface area (Å²) in [7, 11) is 0. The Balaban J connectivity index is 4.09. The van der Waals surface area contributed by atoms with Crippen LogP contribution in [0.15, 0.2) is 0 Å². The van der Waals surface area contributed by atoms with E-state index in [4.69, 9.17) is 9.78 Å². The quantitative estimate of drug-likeness (QED) is 0.140. The van der Waals surface area contributed by atoms with Crippen molar-refractivity contribution in [1.29, 1.82) is 0 Å². The predicted octanol–water partition coefficient (Wildman–Crippen LogP) is 7.48. The van der Waals surface area contributed by atoms with Gasteiger partial charge in [0.15, 0.2) is 0 Å². The molecule has 0 heterocycles. The molecule has 4 heteroatoms. The van der Waals surface area contributed by atoms with E-state index < -0.39 is 0 Å². The molecule has 0 aliphatic rings. The van der Waals surface area contributed by atoms with Crippen LogP contribution in [0.3, 0.4) is 0 Å². The zero-order chi connectivity index (χ0) is 19.6. The van der Waals surface area contributed by atoms with Gasteiger partial charge in [0.05, 0.1) is 12.2 Å². The van der Waals surface area contributed by atoms with Gasteiger partial charge in [-0.25, -0.2) is 9.78 Å². The third kappa shape index (κ3) is 13.1. The summed E-state index contributed by atoms with van der Waals surface area (Å²) in [4.78, 5) is 9.48. The molecule has 0 rings (SSSR count). The molecule has 0 saturated carbocycles. The van der Waals surface area contributed by atoms with Crippen molar-refractivity contribution >= 4 is 0 Å². The molecule has 0 aromatic rings. The van der Waals surface area contributed by atoms with Crippen LogP contribution in [0.4, 0.5) is 0 Å². The molecular formula is C22H46O4. The maximum Gasteiger partial charge on any atom is 0.0930 e. The molecule has 4 atom stereocenters. The van der Waals surface area contributed by atoms with Gasteiger partial charge >= 0.3 is 0 Å². The summed E-state index contributed by atoms with van der Waals surface area (Å²) in [6, 6.07) is 0. The fourth-order valence-corrected chi connectivity index (χ4v) is 3.88. The van der Waals surface area contributed by atoms with E-state index in [1.165, 1.54) is 38.5 Å². The average Bonchev–Trinajstić information content (AvgIpc) is 2.68. The van der Waals surface area contributed by atoms with Crippen LogP contribution in [0, 0.1) is 11.8 Å². The van der Waals surface area contributed by atoms with Gasteiger partial charge in [0.25, 0.3) is 0 Å². The molecule has 4 unspecified atom stereocenters. The van der Waals surface area contributed by atoms with E-state index in [9.17, 15) is 10.5 Å². The van der Waals surface area contributed by atoms with E-state index in [1.54, 1.807) is 0 Å². The molecule has 0 aliphatic carbocycles. The molecule has 0 bridgehead atoms. The second-order valence-corrected chi connectivity index (χ2v) is 8.04. The lowest BCUT2D eigenvalue weighted by Crippen LogP contribution is -2.18. The second kappa shape index (κ2) is 18.2. The molecule has 26 heavy (non-hydrogen) atoms. The summed E-state index contributed by atoms with van der Waals surface area (Å²) >= 11 is 0. The maximum absolute atomic E-state index is 9.22. The lowest BCUT2D eigenvalue weighted by atomic mass is 9.90. The Morgan fingerprint density at radius 2 is 0.962 bits per heavy atom. The van der Waals surface area contributed by atoms with Crippen LogP contribution < -0.4 is 0 Å². The highest BCUT2D eigenvalue weighted by Crippen LogP contribution is 2.25. The highest BCUT2D eigenvalue weighted by molar-refractivity contribution is 4.68. The molecule has 0 aromatic heterocycles. The molecule has 0 spiro atoms. The molecular weight excluding hydrogens is 328 g/mol. The van der Waals surface area contributed by atoms with Gasteiger partial charge in [-0.05, 0) is 37.5 Å². The Labute approximate surface area is 162 Å². The minimum Gasteiger partial charge on any atom is -0.252 e. The summed E-state index contributed by atoms with van der Waals surface area (Å²) in [6.07, 6.45) is 15.2. The first-order chi connectivity index (χ1) is 12.6. The SMILES string of the molecule is CCCCC(CC)CC(CCCCC(CC(CC)CCCC)OO)OO. The van der Waals surface area contributed by atoms with Crippen LogP contribution in [-0.4, -0.2) is 22.7 Å². The molecule has 0 amide bonds. The third-order valence-corrected chi connectivity index (χ3v) is 5.88. The van der Waals surface area contributed by atoms with Crippen molar-refractivity contribution in [2.45, 2.75) is 130 Å². The summed E-state index contributed by atoms with van der Waals surface area (Å²) in [5.74, 6) is 1.29. The molecule has 158 valence electrons. The normalized spacial score (nSPS) is 16.4. The molecule has 0 aromatic carbocycles. The summed E-state index contributed by atoms with van der Waals surface area (Å²) < 4.78 is 0. The fraction of sp³-hybridized carbons (Fsp3) is 1.00. The van der Waals surface area contributed by atoms with Crippen molar-refractivity contribution < 1.29 is 20.3 Å². The van der Waals surface area contributed by atoms with Crippen LogP contribution in [0.25, 0.3) is 0 Å². The van der Waals surface area contributed by atoms with Gasteiger partial charge in [-0.15, -0.1) is 0 Å². The van der Waals surface area contributed by atoms with Crippen molar-refractivity contribution in [3.63, 3.8) is 0 Å². The molecule has 0 saturated heterocycles. The minimum absolute atomic E-state index is 0.0572. The van der Waals surface area contributed by atoms with Gasteiger partial charge in [0.2, 0.25) is 0 Å². The first-order valence-corrected chi connectivity index (χ1v) is 11.2. The monoisotopic (exact) mass is 374 g/mol. The van der Waals surface area contributed by atoms with Crippen molar-refractivity contribution in [2.75, 3.05) is 0 Å². The van der Waals surface area contributed by atoms with E-state index in [0.29, 0.717) is 11.8 Å². The lowest BCUT2D eigenvalue weighted by molar-refractivity contribution is -0.286. The van der Waals surface area contributed by atoms with Gasteiger partial charge in [-0.3, -0.25) is 10.5 Å². The van der Waals surface area contributed by atoms with Gasteiger partial charge in [0.1, 0.15) is 0 Å². The predicted molar refractivity (Wildman–Crippen MR) is 109 cm³/mol. The van der Waals surface area contributed by atoms with Gasteiger partial charge in [-0.2, -0.15) is 0 Å². The number of hydrogen-bond donors (Lipinski definition) is 2. The van der Waals surface area contributed by atoms with Crippen LogP contribution in [0.1, 0.15) is 118 Å². The molecule has 0 fully saturated rings. The van der Waals surface area contributed by atoms with Crippen molar-refractivity contribution in [1.82, 2.24) is 0 Å². The fourth-order valence-electron chi connectivity index (χ4n) is 3.88. The van der Waals surface area contributed by atoms with Crippen LogP contribution in [0.5, 0.6) is 0 Å². The Kier molecular flexibility index (Phi) is 18.1. The third-order valence-electron chi connectivity index (χ3n) is 5.88. The largest absolute Gasteiger partial charge is 0.252 e. The smallest absolute Gasteiger partial charge is 0.0930 e. The van der Waals surface area contributed by atoms with Crippen molar-refractivity contribution in [2.24, 2.45) is 11.8 Å². The number of unbranched alkanes of at least 4 members (excludes halogenated alkanes) is 3. The van der Waals surface area contributed by atoms with E-state index in [-0.39, 0.29) is 12.2 Å². The first kappa shape index (κ1) is 25.8. The van der Waals surface area contributed by atoms with E-state index in [1.807, 2.05) is 0 Å². The molecule has 2 N–H and O–H groups in total. The minimum atomic E-state index is -0.0572. The summed E-state index contributed by atoms with van der Waals surface area (Å²) in [5.41, 5.74) is 0.